The van der Waals surface area contributed by atoms with E-state index in [0.29, 0.717) is 0 Å². The number of allylic oxidation sites excluding steroid dienone is 1. The Morgan fingerprint density at radius 1 is 0.870 bits per heavy atom. The molecule has 0 spiro atoms. The largest absolute Gasteiger partial charge is 0.395 e. The molecule has 23 heavy (non-hydrogen) atoms. The first-order chi connectivity index (χ1) is 11.3. The van der Waals surface area contributed by atoms with E-state index < -0.39 is 5.41 Å². The Hall–Kier alpha value is -2.16. The summed E-state index contributed by atoms with van der Waals surface area (Å²) in [6.45, 7) is 0.0316. The summed E-state index contributed by atoms with van der Waals surface area (Å²) >= 11 is 0. The molecule has 3 rings (SSSR count). The lowest BCUT2D eigenvalue weighted by atomic mass is 9.65. The van der Waals surface area contributed by atoms with Crippen molar-refractivity contribution in [3.8, 4) is 0 Å². The quantitative estimate of drug-likeness (QED) is 0.885. The van der Waals surface area contributed by atoms with Crippen LogP contribution >= 0.6 is 0 Å². The highest BCUT2D eigenvalue weighted by atomic mass is 16.3. The van der Waals surface area contributed by atoms with E-state index in [1.807, 2.05) is 42.5 Å². The Bertz CT molecular complexity index is 649. The van der Waals surface area contributed by atoms with Gasteiger partial charge in [-0.1, -0.05) is 78.9 Å². The van der Waals surface area contributed by atoms with Crippen LogP contribution in [0.4, 0.5) is 0 Å². The van der Waals surface area contributed by atoms with Gasteiger partial charge in [-0.15, -0.1) is 0 Å². The van der Waals surface area contributed by atoms with Crippen molar-refractivity contribution in [2.45, 2.75) is 12.3 Å². The Kier molecular flexibility index (Phi) is 4.75. The third-order valence-corrected chi connectivity index (χ3v) is 4.62. The summed E-state index contributed by atoms with van der Waals surface area (Å²) in [4.78, 5) is 0. The summed E-state index contributed by atoms with van der Waals surface area (Å²) < 4.78 is 0. The zero-order chi connectivity index (χ0) is 16.1. The summed E-state index contributed by atoms with van der Waals surface area (Å²) in [7, 11) is 0. The van der Waals surface area contributed by atoms with Crippen LogP contribution in [0.2, 0.25) is 0 Å². The van der Waals surface area contributed by atoms with Crippen molar-refractivity contribution in [3.05, 3.63) is 95.6 Å². The summed E-state index contributed by atoms with van der Waals surface area (Å²) in [6.07, 6.45) is 6.81. The smallest absolute Gasteiger partial charge is 0.0678 e. The average Bonchev–Trinajstić information content (AvgIpc) is 2.64. The molecule has 0 aliphatic heterocycles. The Morgan fingerprint density at radius 2 is 1.43 bits per heavy atom. The van der Waals surface area contributed by atoms with Gasteiger partial charge in [-0.05, 0) is 23.1 Å². The number of aliphatic hydroxyl groups excluding tert-OH is 2. The molecule has 0 fully saturated rings. The lowest BCUT2D eigenvalue weighted by Gasteiger charge is -2.39. The van der Waals surface area contributed by atoms with Crippen LogP contribution < -0.4 is 0 Å². The molecule has 1 aliphatic carbocycles. The van der Waals surface area contributed by atoms with Crippen LogP contribution in [-0.4, -0.2) is 23.4 Å². The van der Waals surface area contributed by atoms with Crippen molar-refractivity contribution < 1.29 is 10.2 Å². The van der Waals surface area contributed by atoms with Crippen molar-refractivity contribution in [3.63, 3.8) is 0 Å². The summed E-state index contributed by atoms with van der Waals surface area (Å²) in [5.41, 5.74) is 2.78. The van der Waals surface area contributed by atoms with Crippen molar-refractivity contribution in [2.24, 2.45) is 5.41 Å². The first-order valence-corrected chi connectivity index (χ1v) is 7.99. The summed E-state index contributed by atoms with van der Waals surface area (Å²) in [5.74, 6) is 0.0430. The fourth-order valence-corrected chi connectivity index (χ4v) is 3.55. The standard InChI is InChI=1S/C21H22O2/c22-15-17-8-7-13-21(14-17,16-23)20(18-9-3-1-4-10-18)19-11-5-2-6-12-19/h1-12,14,20,22-23H,13,15-16H2. The second-order valence-corrected chi connectivity index (χ2v) is 6.13. The fourth-order valence-electron chi connectivity index (χ4n) is 3.55. The van der Waals surface area contributed by atoms with Crippen LogP contribution in [0.1, 0.15) is 23.5 Å². The van der Waals surface area contributed by atoms with Gasteiger partial charge in [-0.25, -0.2) is 0 Å². The first kappa shape index (κ1) is 15.7. The predicted molar refractivity (Wildman–Crippen MR) is 93.2 cm³/mol. The van der Waals surface area contributed by atoms with E-state index in [-0.39, 0.29) is 19.1 Å². The van der Waals surface area contributed by atoms with Gasteiger partial charge in [0.25, 0.3) is 0 Å². The highest BCUT2D eigenvalue weighted by Gasteiger charge is 2.38. The topological polar surface area (TPSA) is 40.5 Å². The SMILES string of the molecule is OCC1=CC(CO)(C(c2ccccc2)c2ccccc2)CC=C1. The predicted octanol–water partition coefficient (Wildman–Crippen LogP) is 3.68. The molecule has 2 nitrogen and oxygen atoms in total. The molecule has 2 heteroatoms. The monoisotopic (exact) mass is 306 g/mol. The maximum absolute atomic E-state index is 10.3. The third kappa shape index (κ3) is 3.14. The minimum atomic E-state index is -0.435. The zero-order valence-electron chi connectivity index (χ0n) is 13.1. The van der Waals surface area contributed by atoms with E-state index >= 15 is 0 Å². The Labute approximate surface area is 137 Å². The van der Waals surface area contributed by atoms with Gasteiger partial charge >= 0.3 is 0 Å². The van der Waals surface area contributed by atoms with E-state index in [4.69, 9.17) is 0 Å². The normalized spacial score (nSPS) is 20.6. The minimum absolute atomic E-state index is 0.00541. The highest BCUT2D eigenvalue weighted by molar-refractivity contribution is 5.41. The third-order valence-electron chi connectivity index (χ3n) is 4.62. The number of hydrogen-bond acceptors (Lipinski definition) is 2. The van der Waals surface area contributed by atoms with Gasteiger partial charge in [-0.2, -0.15) is 0 Å². The lowest BCUT2D eigenvalue weighted by Crippen LogP contribution is -2.33. The molecule has 0 radical (unpaired) electrons. The number of aliphatic hydroxyl groups is 2. The van der Waals surface area contributed by atoms with Crippen LogP contribution in [-0.2, 0) is 0 Å². The van der Waals surface area contributed by atoms with E-state index in [1.54, 1.807) is 0 Å². The second-order valence-electron chi connectivity index (χ2n) is 6.13. The van der Waals surface area contributed by atoms with Crippen LogP contribution in [0.3, 0.4) is 0 Å². The van der Waals surface area contributed by atoms with E-state index in [2.05, 4.69) is 36.4 Å². The van der Waals surface area contributed by atoms with Crippen LogP contribution in [0.5, 0.6) is 0 Å². The van der Waals surface area contributed by atoms with Crippen molar-refractivity contribution in [2.75, 3.05) is 13.2 Å². The zero-order valence-corrected chi connectivity index (χ0v) is 13.1. The van der Waals surface area contributed by atoms with E-state index in [0.717, 1.165) is 12.0 Å². The molecule has 118 valence electrons. The van der Waals surface area contributed by atoms with Gasteiger partial charge in [0, 0.05) is 11.3 Å². The van der Waals surface area contributed by atoms with Crippen LogP contribution in [0.25, 0.3) is 0 Å². The number of benzene rings is 2. The maximum Gasteiger partial charge on any atom is 0.0678 e. The molecule has 1 aliphatic rings. The lowest BCUT2D eigenvalue weighted by molar-refractivity contribution is 0.151. The van der Waals surface area contributed by atoms with Gasteiger partial charge in [0.2, 0.25) is 0 Å². The summed E-state index contributed by atoms with van der Waals surface area (Å²) in [5, 5.41) is 19.8. The van der Waals surface area contributed by atoms with E-state index in [1.165, 1.54) is 11.1 Å². The molecular weight excluding hydrogens is 284 g/mol. The fraction of sp³-hybridized carbons (Fsp3) is 0.238. The highest BCUT2D eigenvalue weighted by Crippen LogP contribution is 2.47. The van der Waals surface area contributed by atoms with Gasteiger partial charge in [0.05, 0.1) is 13.2 Å². The molecule has 0 bridgehead atoms. The van der Waals surface area contributed by atoms with Gasteiger partial charge < -0.3 is 10.2 Å². The van der Waals surface area contributed by atoms with E-state index in [9.17, 15) is 10.2 Å². The molecule has 2 aromatic rings. The molecular formula is C21H22O2. The molecule has 1 unspecified atom stereocenters. The molecule has 0 aromatic heterocycles. The van der Waals surface area contributed by atoms with Crippen LogP contribution in [0.15, 0.2) is 84.5 Å². The maximum atomic E-state index is 10.3. The molecule has 0 heterocycles. The Balaban J connectivity index is 2.15. The molecule has 0 saturated carbocycles. The van der Waals surface area contributed by atoms with Gasteiger partial charge in [0.15, 0.2) is 0 Å². The molecule has 2 N–H and O–H groups in total. The molecule has 0 saturated heterocycles. The second kappa shape index (κ2) is 6.95. The van der Waals surface area contributed by atoms with Crippen molar-refractivity contribution >= 4 is 0 Å². The minimum Gasteiger partial charge on any atom is -0.395 e. The first-order valence-electron chi connectivity index (χ1n) is 7.99. The number of hydrogen-bond donors (Lipinski definition) is 2. The summed E-state index contributed by atoms with van der Waals surface area (Å²) in [6, 6.07) is 20.6. The van der Waals surface area contributed by atoms with Crippen molar-refractivity contribution in [1.82, 2.24) is 0 Å². The molecule has 0 amide bonds. The van der Waals surface area contributed by atoms with Gasteiger partial charge in [0.1, 0.15) is 0 Å². The van der Waals surface area contributed by atoms with Gasteiger partial charge in [-0.3, -0.25) is 0 Å². The number of rotatable bonds is 5. The molecule has 1 atom stereocenters. The molecule has 2 aromatic carbocycles. The van der Waals surface area contributed by atoms with Crippen molar-refractivity contribution in [1.29, 1.82) is 0 Å². The Morgan fingerprint density at radius 3 is 1.91 bits per heavy atom. The average molecular weight is 306 g/mol. The van der Waals surface area contributed by atoms with Crippen LogP contribution in [0, 0.1) is 5.41 Å².